The molecule has 0 aliphatic heterocycles. The Kier molecular flexibility index (Phi) is 8.02. The second-order valence-corrected chi connectivity index (χ2v) is 12.6. The number of hydrogen-bond acceptors (Lipinski definition) is 3. The van der Waals surface area contributed by atoms with E-state index in [-0.39, 0.29) is 31.6 Å². The van der Waals surface area contributed by atoms with E-state index in [4.69, 9.17) is 4.74 Å². The van der Waals surface area contributed by atoms with Crippen molar-refractivity contribution < 1.29 is 71.7 Å². The molecule has 0 aromatic carbocycles. The van der Waals surface area contributed by atoms with Crippen molar-refractivity contribution in [1.82, 2.24) is 0 Å². The van der Waals surface area contributed by atoms with Crippen LogP contribution in [-0.2, 0) is 9.47 Å². The molecule has 1 N–H and O–H groups in total. The fourth-order valence-electron chi connectivity index (χ4n) is 8.13. The third-order valence-electron chi connectivity index (χ3n) is 10.5. The Bertz CT molecular complexity index is 928. The van der Waals surface area contributed by atoms with E-state index < -0.39 is 109 Å². The van der Waals surface area contributed by atoms with Crippen molar-refractivity contribution in [1.29, 1.82) is 0 Å². The minimum atomic E-state index is -6.13. The van der Waals surface area contributed by atoms with Crippen molar-refractivity contribution in [3.05, 3.63) is 0 Å². The summed E-state index contributed by atoms with van der Waals surface area (Å²) in [6.45, 7) is 1.66. The van der Waals surface area contributed by atoms with Crippen LogP contribution in [0.15, 0.2) is 0 Å². The van der Waals surface area contributed by atoms with Gasteiger partial charge in [0.25, 0.3) is 11.2 Å². The number of alkyl halides is 13. The molecule has 0 aromatic heterocycles. The lowest BCUT2D eigenvalue weighted by Crippen LogP contribution is -2.63. The predicted octanol–water partition coefficient (Wildman–Crippen LogP) is 7.91. The molecule has 4 saturated carbocycles. The van der Waals surface area contributed by atoms with Crippen LogP contribution in [0.5, 0.6) is 0 Å². The van der Waals surface area contributed by atoms with Crippen LogP contribution in [0.25, 0.3) is 0 Å². The zero-order valence-corrected chi connectivity index (χ0v) is 22.0. The molecule has 0 radical (unpaired) electrons. The molecule has 0 heterocycles. The summed E-state index contributed by atoms with van der Waals surface area (Å²) in [4.78, 5) is 0. The summed E-state index contributed by atoms with van der Waals surface area (Å²) in [5.41, 5.74) is -12.8. The van der Waals surface area contributed by atoms with E-state index in [9.17, 15) is 57.8 Å². The summed E-state index contributed by atoms with van der Waals surface area (Å²) < 4.78 is 189. The first-order valence-corrected chi connectivity index (χ1v) is 13.3. The van der Waals surface area contributed by atoms with Gasteiger partial charge in [-0.05, 0) is 80.0 Å². The third-order valence-corrected chi connectivity index (χ3v) is 10.5. The SMILES string of the molecule is CC1C2CC(C1C)C(F)(CC(OCOC1CC3CC(CC(O)(C(F)(F)F)C(F)(F)F)C1C3)(C(F)(F)F)C(F)(F)F)C2. The molecular weight excluding hydrogens is 595 g/mol. The highest BCUT2D eigenvalue weighted by molar-refractivity contribution is 5.12. The van der Waals surface area contributed by atoms with Gasteiger partial charge in [-0.3, -0.25) is 0 Å². The van der Waals surface area contributed by atoms with Crippen LogP contribution in [0, 0.1) is 41.4 Å². The van der Waals surface area contributed by atoms with Crippen LogP contribution in [0.1, 0.15) is 58.8 Å². The Morgan fingerprint density at radius 2 is 1.32 bits per heavy atom. The molecule has 4 fully saturated rings. The van der Waals surface area contributed by atoms with E-state index in [1.165, 1.54) is 0 Å². The van der Waals surface area contributed by atoms with Gasteiger partial charge in [0.05, 0.1) is 6.10 Å². The van der Waals surface area contributed by atoms with Gasteiger partial charge in [0, 0.05) is 6.42 Å². The summed E-state index contributed by atoms with van der Waals surface area (Å²) in [5.74, 6) is -5.04. The Labute approximate surface area is 227 Å². The first kappa shape index (κ1) is 32.9. The average Bonchev–Trinajstić information content (AvgIpc) is 3.51. The Morgan fingerprint density at radius 3 is 1.76 bits per heavy atom. The van der Waals surface area contributed by atoms with Gasteiger partial charge in [0.15, 0.2) is 0 Å². The number of rotatable bonds is 8. The summed E-state index contributed by atoms with van der Waals surface area (Å²) >= 11 is 0. The fraction of sp³-hybridized carbons (Fsp3) is 1.00. The van der Waals surface area contributed by atoms with Crippen molar-refractivity contribution in [2.75, 3.05) is 6.79 Å². The number of ether oxygens (including phenoxy) is 2. The van der Waals surface area contributed by atoms with Crippen LogP contribution in [0.4, 0.5) is 57.1 Å². The van der Waals surface area contributed by atoms with E-state index in [2.05, 4.69) is 4.74 Å². The van der Waals surface area contributed by atoms with Crippen LogP contribution in [0.2, 0.25) is 0 Å². The number of aliphatic hydroxyl groups is 1. The van der Waals surface area contributed by atoms with Gasteiger partial charge in [-0.25, -0.2) is 4.39 Å². The smallest absolute Gasteiger partial charge is 0.374 e. The molecule has 9 atom stereocenters. The van der Waals surface area contributed by atoms with E-state index in [0.29, 0.717) is 0 Å². The quantitative estimate of drug-likeness (QED) is 0.220. The largest absolute Gasteiger partial charge is 0.426 e. The van der Waals surface area contributed by atoms with E-state index >= 15 is 4.39 Å². The normalized spacial score (nSPS) is 38.3. The van der Waals surface area contributed by atoms with Crippen LogP contribution in [0.3, 0.4) is 0 Å². The molecule has 0 spiro atoms. The highest BCUT2D eigenvalue weighted by Gasteiger charge is 2.76. The predicted molar refractivity (Wildman–Crippen MR) is 115 cm³/mol. The molecule has 16 heteroatoms. The second-order valence-electron chi connectivity index (χ2n) is 12.6. The van der Waals surface area contributed by atoms with E-state index in [1.807, 2.05) is 0 Å². The monoisotopic (exact) mass is 626 g/mol. The van der Waals surface area contributed by atoms with E-state index in [1.54, 1.807) is 13.8 Å². The number of halogens is 13. The molecule has 240 valence electrons. The molecule has 0 saturated heterocycles. The lowest BCUT2D eigenvalue weighted by Gasteiger charge is -2.45. The maximum Gasteiger partial charge on any atom is 0.426 e. The van der Waals surface area contributed by atoms with Crippen LogP contribution >= 0.6 is 0 Å². The molecule has 4 aliphatic carbocycles. The Hall–Kier alpha value is -1.03. The van der Waals surface area contributed by atoms with Crippen molar-refractivity contribution in [3.8, 4) is 0 Å². The summed E-state index contributed by atoms with van der Waals surface area (Å²) in [7, 11) is 0. The highest BCUT2D eigenvalue weighted by Crippen LogP contribution is 2.63. The Morgan fingerprint density at radius 1 is 0.756 bits per heavy atom. The van der Waals surface area contributed by atoms with Crippen molar-refractivity contribution >= 4 is 0 Å². The molecular formula is C25H31F13O3. The van der Waals surface area contributed by atoms with Crippen molar-refractivity contribution in [3.63, 3.8) is 0 Å². The zero-order chi connectivity index (χ0) is 31.2. The van der Waals surface area contributed by atoms with Gasteiger partial charge in [-0.1, -0.05) is 13.8 Å². The molecule has 4 aliphatic rings. The van der Waals surface area contributed by atoms with Crippen LogP contribution in [-0.4, -0.2) is 59.6 Å². The summed E-state index contributed by atoms with van der Waals surface area (Å²) in [5, 5.41) is 9.56. The second kappa shape index (κ2) is 10.00. The molecule has 3 nitrogen and oxygen atoms in total. The topological polar surface area (TPSA) is 38.7 Å². The standard InChI is InChI=1S/C25H31F13O3/c1-11-12(2)17-6-14(11)7-19(17,26)9-21(24(33,34)35,25(36,37)38)41-10-40-18-5-13-3-15(16(18)4-13)8-20(39,22(27,28)29)23(30,31)32/h11-18,39H,3-10H2,1-2H3. The number of hydrogen-bond donors (Lipinski definition) is 1. The van der Waals surface area contributed by atoms with Crippen molar-refractivity contribution in [2.45, 2.75) is 106 Å². The minimum absolute atomic E-state index is 0.0115. The minimum Gasteiger partial charge on any atom is -0.374 e. The van der Waals surface area contributed by atoms with Crippen LogP contribution < -0.4 is 0 Å². The van der Waals surface area contributed by atoms with Gasteiger partial charge in [-0.15, -0.1) is 0 Å². The molecule has 41 heavy (non-hydrogen) atoms. The molecule has 4 rings (SSSR count). The van der Waals surface area contributed by atoms with Gasteiger partial charge in [0.1, 0.15) is 12.5 Å². The molecule has 0 aromatic rings. The van der Waals surface area contributed by atoms with Gasteiger partial charge < -0.3 is 14.6 Å². The maximum atomic E-state index is 15.9. The maximum absolute atomic E-state index is 15.9. The molecule has 0 amide bonds. The van der Waals surface area contributed by atoms with Gasteiger partial charge >= 0.3 is 24.7 Å². The molecule has 4 bridgehead atoms. The fourth-order valence-corrected chi connectivity index (χ4v) is 8.13. The summed E-state index contributed by atoms with van der Waals surface area (Å²) in [6.07, 6.45) is -30.1. The number of fused-ring (bicyclic) bond motifs is 4. The van der Waals surface area contributed by atoms with E-state index in [0.717, 1.165) is 0 Å². The first-order valence-electron chi connectivity index (χ1n) is 13.3. The zero-order valence-electron chi connectivity index (χ0n) is 22.0. The third kappa shape index (κ3) is 5.33. The first-order chi connectivity index (χ1) is 18.4. The lowest BCUT2D eigenvalue weighted by molar-refractivity contribution is -0.404. The van der Waals surface area contributed by atoms with Gasteiger partial charge in [-0.2, -0.15) is 52.7 Å². The summed E-state index contributed by atoms with van der Waals surface area (Å²) in [6, 6.07) is 0. The van der Waals surface area contributed by atoms with Crippen molar-refractivity contribution in [2.24, 2.45) is 41.4 Å². The Balaban J connectivity index is 1.50. The average molecular weight is 626 g/mol. The molecule has 9 unspecified atom stereocenters. The highest BCUT2D eigenvalue weighted by atomic mass is 19.4. The van der Waals surface area contributed by atoms with Gasteiger partial charge in [0.2, 0.25) is 0 Å². The lowest BCUT2D eigenvalue weighted by atomic mass is 9.69.